The molecule has 0 amide bonds. The van der Waals surface area contributed by atoms with Gasteiger partial charge < -0.3 is 0 Å². The van der Waals surface area contributed by atoms with Crippen LogP contribution in [0.4, 0.5) is 0 Å². The zero-order valence-corrected chi connectivity index (χ0v) is 12.9. The third-order valence-electron chi connectivity index (χ3n) is 2.07. The van der Waals surface area contributed by atoms with Gasteiger partial charge in [-0.3, -0.25) is 0 Å². The van der Waals surface area contributed by atoms with Crippen molar-refractivity contribution in [1.29, 1.82) is 0 Å². The summed E-state index contributed by atoms with van der Waals surface area (Å²) < 4.78 is 24.0. The third-order valence-corrected chi connectivity index (χ3v) is 4.47. The van der Waals surface area contributed by atoms with E-state index in [-0.39, 0.29) is 59.4 Å². The van der Waals surface area contributed by atoms with Gasteiger partial charge in [0.25, 0.3) is 0 Å². The van der Waals surface area contributed by atoms with E-state index in [0.29, 0.717) is 0 Å². The van der Waals surface area contributed by atoms with Crippen LogP contribution in [0.3, 0.4) is 0 Å². The van der Waals surface area contributed by atoms with E-state index in [1.807, 2.05) is 0 Å². The van der Waals surface area contributed by atoms with Gasteiger partial charge in [0, 0.05) is 5.56 Å². The second kappa shape index (κ2) is 5.66. The molecule has 0 N–H and O–H groups in total. The molecule has 0 heterocycles. The summed E-state index contributed by atoms with van der Waals surface area (Å²) in [7, 11) is 0. The fourth-order valence-corrected chi connectivity index (χ4v) is 2.34. The van der Waals surface area contributed by atoms with Crippen molar-refractivity contribution in [3.8, 4) is 11.1 Å². The Hall–Kier alpha value is 0.180. The largest absolute Gasteiger partial charge is 0.0827 e. The summed E-state index contributed by atoms with van der Waals surface area (Å²) in [4.78, 5) is 0. The molecule has 0 radical (unpaired) electrons. The van der Waals surface area contributed by atoms with Crippen LogP contribution in [0.15, 0.2) is 24.2 Å². The molecule has 2 rings (SSSR count). The molecule has 0 spiro atoms. The maximum Gasteiger partial charge on any atom is 0.0800 e. The highest BCUT2D eigenvalue weighted by Crippen LogP contribution is 2.43. The first-order chi connectivity index (χ1) is 9.68. The van der Waals surface area contributed by atoms with Gasteiger partial charge in [0.1, 0.15) is 0 Å². The highest BCUT2D eigenvalue weighted by Gasteiger charge is 2.15. The standard InChI is InChI=1S/C12H4Cl6/c13-7-2-1-5(3-8(7)14)6-4-9(15)11(17)12(18)10(6)16/h1-4H/i1D,3D,4D. The van der Waals surface area contributed by atoms with Gasteiger partial charge in [-0.05, 0) is 23.7 Å². The van der Waals surface area contributed by atoms with Crippen LogP contribution < -0.4 is 0 Å². The van der Waals surface area contributed by atoms with E-state index in [0.717, 1.165) is 0 Å². The lowest BCUT2D eigenvalue weighted by Crippen LogP contribution is -1.84. The van der Waals surface area contributed by atoms with Crippen molar-refractivity contribution in [3.63, 3.8) is 0 Å². The molecule has 2 aromatic carbocycles. The first kappa shape index (κ1) is 10.9. The second-order valence-corrected chi connectivity index (χ2v) is 5.50. The normalized spacial score (nSPS) is 13.1. The van der Waals surface area contributed by atoms with Gasteiger partial charge in [-0.1, -0.05) is 75.6 Å². The fraction of sp³-hybridized carbons (Fsp3) is 0. The molecule has 0 fully saturated rings. The Kier molecular flexibility index (Phi) is 3.43. The molecular formula is C12H4Cl6. The lowest BCUT2D eigenvalue weighted by Gasteiger charge is -2.10. The van der Waals surface area contributed by atoms with Crippen molar-refractivity contribution in [2.45, 2.75) is 0 Å². The molecular weight excluding hydrogens is 357 g/mol. The molecule has 6 heteroatoms. The Labute approximate surface area is 139 Å². The van der Waals surface area contributed by atoms with Gasteiger partial charge >= 0.3 is 0 Å². The van der Waals surface area contributed by atoms with Gasteiger partial charge in [-0.15, -0.1) is 0 Å². The van der Waals surface area contributed by atoms with Crippen LogP contribution in [0.25, 0.3) is 11.1 Å². The van der Waals surface area contributed by atoms with Gasteiger partial charge in [0.2, 0.25) is 0 Å². The van der Waals surface area contributed by atoms with Crippen molar-refractivity contribution < 1.29 is 4.11 Å². The first-order valence-corrected chi connectivity index (χ1v) is 6.73. The highest BCUT2D eigenvalue weighted by molar-refractivity contribution is 6.52. The van der Waals surface area contributed by atoms with E-state index in [2.05, 4.69) is 0 Å². The third kappa shape index (κ3) is 2.70. The van der Waals surface area contributed by atoms with E-state index >= 15 is 0 Å². The molecule has 94 valence electrons. The average molecular weight is 364 g/mol. The zero-order chi connectivity index (χ0) is 16.1. The van der Waals surface area contributed by atoms with Gasteiger partial charge in [0.15, 0.2) is 0 Å². The van der Waals surface area contributed by atoms with Crippen molar-refractivity contribution in [3.05, 3.63) is 54.3 Å². The minimum absolute atomic E-state index is 0.0138. The number of halogens is 6. The summed E-state index contributed by atoms with van der Waals surface area (Å²) in [6.45, 7) is 0. The molecule has 2 aromatic rings. The van der Waals surface area contributed by atoms with E-state index in [4.69, 9.17) is 73.7 Å². The minimum Gasteiger partial charge on any atom is -0.0827 e. The zero-order valence-electron chi connectivity index (χ0n) is 11.3. The molecule has 0 saturated carbocycles. The lowest BCUT2D eigenvalue weighted by molar-refractivity contribution is 1.61. The SMILES string of the molecule is [2H]c1cc(Cl)c(Cl)c([2H])c1-c1c([2H])c(Cl)c(Cl)c(Cl)c1Cl. The predicted octanol–water partition coefficient (Wildman–Crippen LogP) is 7.27. The molecule has 0 aliphatic heterocycles. The van der Waals surface area contributed by atoms with Crippen LogP contribution in [0.5, 0.6) is 0 Å². The quantitative estimate of drug-likeness (QED) is 0.369. The Morgan fingerprint density at radius 1 is 0.722 bits per heavy atom. The Morgan fingerprint density at radius 3 is 2.06 bits per heavy atom. The topological polar surface area (TPSA) is 0 Å². The summed E-state index contributed by atoms with van der Waals surface area (Å²) >= 11 is 35.6. The second-order valence-electron chi connectivity index (χ2n) is 3.21. The van der Waals surface area contributed by atoms with Gasteiger partial charge in [-0.2, -0.15) is 0 Å². The highest BCUT2D eigenvalue weighted by atomic mass is 35.5. The van der Waals surface area contributed by atoms with Crippen molar-refractivity contribution in [2.24, 2.45) is 0 Å². The number of rotatable bonds is 1. The molecule has 18 heavy (non-hydrogen) atoms. The van der Waals surface area contributed by atoms with Crippen molar-refractivity contribution in [1.82, 2.24) is 0 Å². The Morgan fingerprint density at radius 2 is 1.39 bits per heavy atom. The molecule has 0 atom stereocenters. The molecule has 0 unspecified atom stereocenters. The molecule has 0 bridgehead atoms. The molecule has 0 aliphatic carbocycles. The van der Waals surface area contributed by atoms with Gasteiger partial charge in [-0.25, -0.2) is 0 Å². The number of benzene rings is 2. The van der Waals surface area contributed by atoms with Crippen LogP contribution in [-0.4, -0.2) is 0 Å². The number of hydrogen-bond acceptors (Lipinski definition) is 0. The van der Waals surface area contributed by atoms with Gasteiger partial charge in [0.05, 0.1) is 34.2 Å². The summed E-state index contributed by atoms with van der Waals surface area (Å²) in [5.41, 5.74) is 0.0319. The summed E-state index contributed by atoms with van der Waals surface area (Å²) in [5.74, 6) is 0. The molecule has 0 saturated heterocycles. The number of hydrogen-bond donors (Lipinski definition) is 0. The lowest BCUT2D eigenvalue weighted by atomic mass is 10.1. The monoisotopic (exact) mass is 361 g/mol. The van der Waals surface area contributed by atoms with Crippen molar-refractivity contribution in [2.75, 3.05) is 0 Å². The van der Waals surface area contributed by atoms with E-state index < -0.39 is 0 Å². The average Bonchev–Trinajstić information content (AvgIpc) is 2.44. The maximum atomic E-state index is 8.03. The van der Waals surface area contributed by atoms with Crippen molar-refractivity contribution >= 4 is 69.6 Å². The Balaban J connectivity index is 2.96. The van der Waals surface area contributed by atoms with E-state index in [1.54, 1.807) is 0 Å². The summed E-state index contributed by atoms with van der Waals surface area (Å²) in [6.07, 6.45) is 0. The molecule has 0 aromatic heterocycles. The Bertz CT molecular complexity index is 731. The van der Waals surface area contributed by atoms with Crippen LogP contribution in [-0.2, 0) is 0 Å². The first-order valence-electron chi connectivity index (χ1n) is 5.96. The van der Waals surface area contributed by atoms with Crippen LogP contribution >= 0.6 is 69.6 Å². The smallest absolute Gasteiger partial charge is 0.0800 e. The van der Waals surface area contributed by atoms with E-state index in [1.165, 1.54) is 6.07 Å². The molecule has 0 aliphatic rings. The summed E-state index contributed by atoms with van der Waals surface area (Å²) in [5, 5.41) is -0.304. The molecule has 0 nitrogen and oxygen atoms in total. The van der Waals surface area contributed by atoms with Crippen LogP contribution in [0.2, 0.25) is 30.1 Å². The van der Waals surface area contributed by atoms with Crippen LogP contribution in [0.1, 0.15) is 4.11 Å². The summed E-state index contributed by atoms with van der Waals surface area (Å²) in [6, 6.07) is 0.651. The van der Waals surface area contributed by atoms with Crippen LogP contribution in [0, 0.1) is 0 Å². The fourth-order valence-electron chi connectivity index (χ4n) is 1.23. The minimum atomic E-state index is -0.239. The van der Waals surface area contributed by atoms with E-state index in [9.17, 15) is 0 Å². The predicted molar refractivity (Wildman–Crippen MR) is 81.9 cm³/mol. The maximum absolute atomic E-state index is 8.03.